The van der Waals surface area contributed by atoms with Crippen LogP contribution in [-0.4, -0.2) is 33.5 Å². The molecule has 0 aliphatic heterocycles. The molecule has 2 saturated carbocycles. The number of carbonyl (C=O) groups is 1. The average molecular weight is 416 g/mol. The molecule has 4 N–H and O–H groups in total. The van der Waals surface area contributed by atoms with Gasteiger partial charge in [0.2, 0.25) is 10.0 Å². The maximum Gasteiger partial charge on any atom is 0.251 e. The second-order valence-electron chi connectivity index (χ2n) is 7.54. The smallest absolute Gasteiger partial charge is 0.251 e. The van der Waals surface area contributed by atoms with Crippen molar-refractivity contribution in [1.29, 1.82) is 0 Å². The normalized spacial score (nSPS) is 19.1. The van der Waals surface area contributed by atoms with Gasteiger partial charge in [-0.05, 0) is 55.7 Å². The summed E-state index contributed by atoms with van der Waals surface area (Å²) in [5.41, 5.74) is 6.24. The minimum atomic E-state index is -3.58. The van der Waals surface area contributed by atoms with E-state index >= 15 is 0 Å². The van der Waals surface area contributed by atoms with E-state index < -0.39 is 10.0 Å². The summed E-state index contributed by atoms with van der Waals surface area (Å²) in [7, 11) is -3.58. The molecule has 1 atom stereocenters. The van der Waals surface area contributed by atoms with Crippen LogP contribution < -0.4 is 15.8 Å². The number of benzene rings is 1. The van der Waals surface area contributed by atoms with E-state index in [0.29, 0.717) is 30.5 Å². The van der Waals surface area contributed by atoms with Crippen LogP contribution in [0.4, 0.5) is 0 Å². The molecule has 27 heavy (non-hydrogen) atoms. The van der Waals surface area contributed by atoms with Crippen molar-refractivity contribution in [3.63, 3.8) is 0 Å². The van der Waals surface area contributed by atoms with Gasteiger partial charge in [0.1, 0.15) is 0 Å². The van der Waals surface area contributed by atoms with Gasteiger partial charge in [-0.1, -0.05) is 25.3 Å². The lowest BCUT2D eigenvalue weighted by Crippen LogP contribution is -2.45. The lowest BCUT2D eigenvalue weighted by Gasteiger charge is -2.30. The summed E-state index contributed by atoms with van der Waals surface area (Å²) in [4.78, 5) is 12.8. The topological polar surface area (TPSA) is 101 Å². The van der Waals surface area contributed by atoms with Crippen molar-refractivity contribution in [1.82, 2.24) is 10.0 Å². The van der Waals surface area contributed by atoms with E-state index in [-0.39, 0.29) is 29.3 Å². The Morgan fingerprint density at radius 1 is 1.15 bits per heavy atom. The van der Waals surface area contributed by atoms with Crippen LogP contribution in [0.3, 0.4) is 0 Å². The number of carbonyl (C=O) groups excluding carboxylic acids is 1. The molecule has 3 rings (SSSR count). The largest absolute Gasteiger partial charge is 0.348 e. The molecular formula is C19H30ClN3O3S. The van der Waals surface area contributed by atoms with Crippen LogP contribution in [0.1, 0.15) is 55.3 Å². The minimum absolute atomic E-state index is 0. The number of hydrogen-bond acceptors (Lipinski definition) is 4. The number of halogens is 1. The predicted molar refractivity (Wildman–Crippen MR) is 108 cm³/mol. The summed E-state index contributed by atoms with van der Waals surface area (Å²) in [6.45, 7) is 0.868. The molecule has 152 valence electrons. The Morgan fingerprint density at radius 2 is 1.85 bits per heavy atom. The summed E-state index contributed by atoms with van der Waals surface area (Å²) in [6, 6.07) is 6.16. The maximum atomic E-state index is 12.6. The lowest BCUT2D eigenvalue weighted by atomic mass is 9.84. The molecule has 0 bridgehead atoms. The van der Waals surface area contributed by atoms with Gasteiger partial charge in [0, 0.05) is 24.7 Å². The van der Waals surface area contributed by atoms with Gasteiger partial charge in [-0.25, -0.2) is 13.1 Å². The molecule has 0 heterocycles. The second kappa shape index (κ2) is 9.87. The summed E-state index contributed by atoms with van der Waals surface area (Å²) >= 11 is 0. The fourth-order valence-electron chi connectivity index (χ4n) is 3.59. The molecular weight excluding hydrogens is 386 g/mol. The molecule has 2 aliphatic carbocycles. The molecule has 1 unspecified atom stereocenters. The zero-order valence-electron chi connectivity index (χ0n) is 15.5. The van der Waals surface area contributed by atoms with Crippen molar-refractivity contribution >= 4 is 28.3 Å². The van der Waals surface area contributed by atoms with Crippen molar-refractivity contribution < 1.29 is 13.2 Å². The Hall–Kier alpha value is -1.15. The lowest BCUT2D eigenvalue weighted by molar-refractivity contribution is 0.0915. The molecule has 0 spiro atoms. The van der Waals surface area contributed by atoms with Crippen molar-refractivity contribution in [3.05, 3.63) is 29.8 Å². The molecule has 2 fully saturated rings. The highest BCUT2D eigenvalue weighted by atomic mass is 35.5. The van der Waals surface area contributed by atoms with E-state index in [1.54, 1.807) is 12.1 Å². The Bertz CT molecular complexity index is 731. The number of amides is 1. The summed E-state index contributed by atoms with van der Waals surface area (Å²) in [5.74, 6) is 0.604. The Morgan fingerprint density at radius 3 is 2.48 bits per heavy atom. The Kier molecular flexibility index (Phi) is 8.09. The molecule has 2 aliphatic rings. The highest BCUT2D eigenvalue weighted by molar-refractivity contribution is 7.89. The molecule has 6 nitrogen and oxygen atoms in total. The van der Waals surface area contributed by atoms with Crippen molar-refractivity contribution in [2.24, 2.45) is 17.6 Å². The van der Waals surface area contributed by atoms with Gasteiger partial charge in [-0.3, -0.25) is 4.79 Å². The zero-order chi connectivity index (χ0) is 18.6. The number of nitrogens with one attached hydrogen (secondary N) is 2. The van der Waals surface area contributed by atoms with E-state index in [1.165, 1.54) is 31.4 Å². The fraction of sp³-hybridized carbons (Fsp3) is 0.632. The highest BCUT2D eigenvalue weighted by Gasteiger charge is 2.26. The van der Waals surface area contributed by atoms with Crippen LogP contribution in [0.5, 0.6) is 0 Å². The third-order valence-corrected chi connectivity index (χ3v) is 6.88. The first-order valence-electron chi connectivity index (χ1n) is 9.60. The third kappa shape index (κ3) is 6.17. The maximum absolute atomic E-state index is 12.6. The summed E-state index contributed by atoms with van der Waals surface area (Å²) in [5, 5.41) is 3.01. The van der Waals surface area contributed by atoms with Gasteiger partial charge in [0.05, 0.1) is 4.90 Å². The molecule has 8 heteroatoms. The second-order valence-corrected chi connectivity index (χ2v) is 9.30. The van der Waals surface area contributed by atoms with Crippen molar-refractivity contribution in [2.45, 2.75) is 55.9 Å². The standard InChI is InChI=1S/C19H29N3O3S.ClH/c20-12-18(15-5-2-1-3-6-15)22-19(23)16-7-4-8-17(11-16)26(24,25)21-13-14-9-10-14;/h4,7-8,11,14-15,18,21H,1-3,5-6,9-10,12-13,20H2,(H,22,23);1H. The minimum Gasteiger partial charge on any atom is -0.348 e. The number of sulfonamides is 1. The molecule has 1 aromatic carbocycles. The fourth-order valence-corrected chi connectivity index (χ4v) is 4.76. The predicted octanol–water partition coefficient (Wildman–Crippen LogP) is 2.43. The third-order valence-electron chi connectivity index (χ3n) is 5.45. The highest BCUT2D eigenvalue weighted by Crippen LogP contribution is 2.28. The first kappa shape index (κ1) is 22.1. The van der Waals surface area contributed by atoms with Gasteiger partial charge in [-0.15, -0.1) is 12.4 Å². The molecule has 0 radical (unpaired) electrons. The molecule has 0 aromatic heterocycles. The quantitative estimate of drug-likeness (QED) is 0.606. The van der Waals surface area contributed by atoms with Crippen LogP contribution in [0.25, 0.3) is 0 Å². The van der Waals surface area contributed by atoms with Crippen LogP contribution in [-0.2, 0) is 10.0 Å². The van der Waals surface area contributed by atoms with Gasteiger partial charge >= 0.3 is 0 Å². The number of nitrogens with two attached hydrogens (primary N) is 1. The van der Waals surface area contributed by atoms with E-state index in [1.807, 2.05) is 0 Å². The van der Waals surface area contributed by atoms with Crippen LogP contribution in [0.2, 0.25) is 0 Å². The van der Waals surface area contributed by atoms with E-state index in [2.05, 4.69) is 10.0 Å². The van der Waals surface area contributed by atoms with Gasteiger partial charge in [0.25, 0.3) is 5.91 Å². The first-order chi connectivity index (χ1) is 12.5. The van der Waals surface area contributed by atoms with E-state index in [9.17, 15) is 13.2 Å². The average Bonchev–Trinajstić information content (AvgIpc) is 3.50. The number of hydrogen-bond donors (Lipinski definition) is 3. The zero-order valence-corrected chi connectivity index (χ0v) is 17.2. The van der Waals surface area contributed by atoms with E-state index in [0.717, 1.165) is 25.7 Å². The van der Waals surface area contributed by atoms with Gasteiger partial charge < -0.3 is 11.1 Å². The van der Waals surface area contributed by atoms with Gasteiger partial charge in [-0.2, -0.15) is 0 Å². The van der Waals surface area contributed by atoms with Crippen molar-refractivity contribution in [2.75, 3.05) is 13.1 Å². The monoisotopic (exact) mass is 415 g/mol. The molecule has 1 amide bonds. The van der Waals surface area contributed by atoms with E-state index in [4.69, 9.17) is 5.73 Å². The van der Waals surface area contributed by atoms with Crippen LogP contribution in [0, 0.1) is 11.8 Å². The van der Waals surface area contributed by atoms with Crippen LogP contribution in [0.15, 0.2) is 29.2 Å². The number of rotatable bonds is 8. The Labute approximate surface area is 168 Å². The summed E-state index contributed by atoms with van der Waals surface area (Å²) < 4.78 is 27.4. The summed E-state index contributed by atoms with van der Waals surface area (Å²) in [6.07, 6.45) is 7.92. The first-order valence-corrected chi connectivity index (χ1v) is 11.1. The molecule has 0 saturated heterocycles. The molecule has 1 aromatic rings. The van der Waals surface area contributed by atoms with Crippen molar-refractivity contribution in [3.8, 4) is 0 Å². The van der Waals surface area contributed by atoms with Gasteiger partial charge in [0.15, 0.2) is 0 Å². The van der Waals surface area contributed by atoms with Crippen LogP contribution >= 0.6 is 12.4 Å². The Balaban J connectivity index is 0.00000261. The SMILES string of the molecule is Cl.NCC(NC(=O)c1cccc(S(=O)(=O)NCC2CC2)c1)C1CCCCC1.